The largest absolute Gasteiger partial charge is 0.504 e. The Bertz CT molecular complexity index is 1340. The average molecular weight is 402 g/mol. The van der Waals surface area contributed by atoms with Crippen LogP contribution in [0.15, 0.2) is 63.1 Å². The Morgan fingerprint density at radius 1 is 1.28 bits per heavy atom. The van der Waals surface area contributed by atoms with E-state index in [0.29, 0.717) is 38.7 Å². The molecule has 0 spiro atoms. The van der Waals surface area contributed by atoms with Gasteiger partial charge in [0.25, 0.3) is 0 Å². The lowest BCUT2D eigenvalue weighted by atomic mass is 10.1. The molecule has 0 aliphatic heterocycles. The van der Waals surface area contributed by atoms with Gasteiger partial charge >= 0.3 is 5.63 Å². The number of hydrogen-bond acceptors (Lipinski definition) is 7. The van der Waals surface area contributed by atoms with Gasteiger partial charge in [0, 0.05) is 10.8 Å². The number of ether oxygens (including phenoxy) is 1. The van der Waals surface area contributed by atoms with E-state index in [0.717, 1.165) is 5.39 Å². The maximum Gasteiger partial charge on any atom is 0.345 e. The summed E-state index contributed by atoms with van der Waals surface area (Å²) >= 11 is 1.25. The van der Waals surface area contributed by atoms with Crippen molar-refractivity contribution in [2.45, 2.75) is 0 Å². The highest BCUT2D eigenvalue weighted by molar-refractivity contribution is 7.11. The van der Waals surface area contributed by atoms with Gasteiger partial charge in [-0.05, 0) is 35.9 Å². The lowest BCUT2D eigenvalue weighted by Gasteiger charge is -2.03. The summed E-state index contributed by atoms with van der Waals surface area (Å²) in [6.07, 6.45) is 1.62. The highest BCUT2D eigenvalue weighted by Gasteiger charge is 2.14. The van der Waals surface area contributed by atoms with Gasteiger partial charge in [0.15, 0.2) is 11.5 Å². The molecule has 0 amide bonds. The van der Waals surface area contributed by atoms with E-state index in [2.05, 4.69) is 11.1 Å². The van der Waals surface area contributed by atoms with Gasteiger partial charge in [-0.1, -0.05) is 24.3 Å². The van der Waals surface area contributed by atoms with Crippen LogP contribution in [-0.4, -0.2) is 17.2 Å². The van der Waals surface area contributed by atoms with Crippen molar-refractivity contribution in [1.82, 2.24) is 4.98 Å². The Balaban J connectivity index is 1.73. The summed E-state index contributed by atoms with van der Waals surface area (Å²) in [5.74, 6) is 0.326. The van der Waals surface area contributed by atoms with Crippen LogP contribution in [-0.2, 0) is 0 Å². The first kappa shape index (κ1) is 18.5. The molecular formula is C22H14N2O4S. The molecule has 0 fully saturated rings. The Morgan fingerprint density at radius 3 is 2.86 bits per heavy atom. The van der Waals surface area contributed by atoms with Gasteiger partial charge in [-0.15, -0.1) is 11.3 Å². The number of phenols is 1. The number of rotatable bonds is 4. The van der Waals surface area contributed by atoms with E-state index < -0.39 is 5.63 Å². The number of methoxy groups -OCH3 is 1. The molecule has 0 saturated carbocycles. The van der Waals surface area contributed by atoms with Gasteiger partial charge < -0.3 is 14.3 Å². The molecule has 7 heteroatoms. The van der Waals surface area contributed by atoms with E-state index in [4.69, 9.17) is 9.15 Å². The summed E-state index contributed by atoms with van der Waals surface area (Å²) in [5, 5.41) is 22.5. The molecular weight excluding hydrogens is 388 g/mol. The molecule has 29 heavy (non-hydrogen) atoms. The number of hydrogen-bond donors (Lipinski definition) is 1. The fraction of sp³-hybridized carbons (Fsp3) is 0.0455. The molecule has 4 aromatic rings. The second-order valence-electron chi connectivity index (χ2n) is 6.12. The van der Waals surface area contributed by atoms with Crippen LogP contribution in [0.1, 0.15) is 10.6 Å². The number of thiazole rings is 1. The number of aromatic nitrogens is 1. The summed E-state index contributed by atoms with van der Waals surface area (Å²) in [7, 11) is 1.46. The summed E-state index contributed by atoms with van der Waals surface area (Å²) < 4.78 is 10.4. The summed E-state index contributed by atoms with van der Waals surface area (Å²) in [6, 6.07) is 15.9. The minimum Gasteiger partial charge on any atom is -0.504 e. The van der Waals surface area contributed by atoms with Crippen molar-refractivity contribution in [3.8, 4) is 28.8 Å². The first-order valence-electron chi connectivity index (χ1n) is 8.57. The minimum atomic E-state index is -0.483. The molecule has 0 unspecified atom stereocenters. The smallest absolute Gasteiger partial charge is 0.345 e. The topological polar surface area (TPSA) is 96.4 Å². The van der Waals surface area contributed by atoms with Crippen LogP contribution < -0.4 is 10.4 Å². The van der Waals surface area contributed by atoms with E-state index in [1.54, 1.807) is 41.8 Å². The molecule has 6 nitrogen and oxygen atoms in total. The van der Waals surface area contributed by atoms with Crippen LogP contribution in [0.2, 0.25) is 0 Å². The van der Waals surface area contributed by atoms with E-state index in [1.165, 1.54) is 24.5 Å². The van der Waals surface area contributed by atoms with Crippen molar-refractivity contribution in [3.05, 3.63) is 74.9 Å². The van der Waals surface area contributed by atoms with Gasteiger partial charge in [-0.25, -0.2) is 9.78 Å². The molecule has 2 heterocycles. The van der Waals surface area contributed by atoms with Gasteiger partial charge in [-0.3, -0.25) is 0 Å². The number of fused-ring (bicyclic) bond motifs is 1. The number of nitriles is 1. The minimum absolute atomic E-state index is 0.0212. The van der Waals surface area contributed by atoms with E-state index >= 15 is 0 Å². The second-order valence-corrected chi connectivity index (χ2v) is 6.98. The molecule has 0 saturated heterocycles. The van der Waals surface area contributed by atoms with Crippen molar-refractivity contribution in [1.29, 1.82) is 5.26 Å². The first-order chi connectivity index (χ1) is 14.1. The zero-order valence-electron chi connectivity index (χ0n) is 15.2. The van der Waals surface area contributed by atoms with Crippen LogP contribution in [0.4, 0.5) is 0 Å². The van der Waals surface area contributed by atoms with Crippen LogP contribution in [0.25, 0.3) is 33.9 Å². The predicted octanol–water partition coefficient (Wildman–Crippen LogP) is 4.69. The fourth-order valence-corrected chi connectivity index (χ4v) is 3.65. The molecule has 2 aromatic heterocycles. The SMILES string of the molecule is COc1ccc(/C=C(\C#N)c2nc(-c3cc4ccccc4oc3=O)cs2)cc1O. The fourth-order valence-electron chi connectivity index (χ4n) is 2.87. The molecule has 2 aromatic carbocycles. The van der Waals surface area contributed by atoms with Crippen LogP contribution in [0.5, 0.6) is 11.5 Å². The molecule has 0 aliphatic rings. The number of allylic oxidation sites excluding steroid dienone is 1. The van der Waals surface area contributed by atoms with E-state index in [1.807, 2.05) is 12.1 Å². The molecule has 142 valence electrons. The van der Waals surface area contributed by atoms with Crippen molar-refractivity contribution in [2.24, 2.45) is 0 Å². The molecule has 0 aliphatic carbocycles. The third kappa shape index (κ3) is 3.61. The van der Waals surface area contributed by atoms with Gasteiger partial charge in [0.05, 0.1) is 23.9 Å². The Labute approximate surface area is 169 Å². The lowest BCUT2D eigenvalue weighted by Crippen LogP contribution is -2.02. The van der Waals surface area contributed by atoms with Gasteiger partial charge in [-0.2, -0.15) is 5.26 Å². The van der Waals surface area contributed by atoms with Crippen LogP contribution in [0, 0.1) is 11.3 Å². The van der Waals surface area contributed by atoms with Crippen molar-refractivity contribution < 1.29 is 14.3 Å². The summed E-state index contributed by atoms with van der Waals surface area (Å²) in [5.41, 5.74) is 1.75. The third-order valence-electron chi connectivity index (χ3n) is 4.29. The standard InChI is InChI=1S/C22H14N2O4S/c1-27-20-7-6-13(9-18(20)25)8-15(11-23)21-24-17(12-29-21)16-10-14-4-2-3-5-19(14)28-22(16)26/h2-10,12,25H,1H3/b15-8+. The Kier molecular flexibility index (Phi) is 4.85. The number of aromatic hydroxyl groups is 1. The van der Waals surface area contributed by atoms with Crippen molar-refractivity contribution in [3.63, 3.8) is 0 Å². The molecule has 0 atom stereocenters. The van der Waals surface area contributed by atoms with Crippen molar-refractivity contribution >= 4 is 34.0 Å². The highest BCUT2D eigenvalue weighted by atomic mass is 32.1. The number of phenolic OH excluding ortho intramolecular Hbond substituents is 1. The number of para-hydroxylation sites is 1. The monoisotopic (exact) mass is 402 g/mol. The first-order valence-corrected chi connectivity index (χ1v) is 9.45. The Morgan fingerprint density at radius 2 is 2.10 bits per heavy atom. The maximum atomic E-state index is 12.3. The molecule has 0 bridgehead atoms. The average Bonchev–Trinajstić information content (AvgIpc) is 3.21. The van der Waals surface area contributed by atoms with Crippen molar-refractivity contribution in [2.75, 3.05) is 7.11 Å². The van der Waals surface area contributed by atoms with E-state index in [9.17, 15) is 15.2 Å². The lowest BCUT2D eigenvalue weighted by molar-refractivity contribution is 0.373. The predicted molar refractivity (Wildman–Crippen MR) is 112 cm³/mol. The van der Waals surface area contributed by atoms with E-state index in [-0.39, 0.29) is 5.75 Å². The van der Waals surface area contributed by atoms with Gasteiger partial charge in [0.2, 0.25) is 0 Å². The highest BCUT2D eigenvalue weighted by Crippen LogP contribution is 2.30. The number of benzene rings is 2. The summed E-state index contributed by atoms with van der Waals surface area (Å²) in [4.78, 5) is 16.8. The van der Waals surface area contributed by atoms with Gasteiger partial charge in [0.1, 0.15) is 16.7 Å². The maximum absolute atomic E-state index is 12.3. The zero-order chi connectivity index (χ0) is 20.4. The van der Waals surface area contributed by atoms with Crippen LogP contribution in [0.3, 0.4) is 0 Å². The zero-order valence-corrected chi connectivity index (χ0v) is 16.1. The normalized spacial score (nSPS) is 11.4. The number of nitrogens with zero attached hydrogens (tertiary/aromatic N) is 2. The quantitative estimate of drug-likeness (QED) is 0.393. The van der Waals surface area contributed by atoms with Crippen LogP contribution >= 0.6 is 11.3 Å². The molecule has 1 N–H and O–H groups in total. The summed E-state index contributed by atoms with van der Waals surface area (Å²) in [6.45, 7) is 0. The molecule has 0 radical (unpaired) electrons. The Hall–Kier alpha value is -3.89. The molecule has 4 rings (SSSR count). The third-order valence-corrected chi connectivity index (χ3v) is 5.16. The second kappa shape index (κ2) is 7.62.